The summed E-state index contributed by atoms with van der Waals surface area (Å²) in [6.07, 6.45) is 2.49. The van der Waals surface area contributed by atoms with Crippen molar-refractivity contribution in [3.63, 3.8) is 0 Å². The normalized spacial score (nSPS) is 13.1. The molecule has 6 heteroatoms. The van der Waals surface area contributed by atoms with Gasteiger partial charge in [0.15, 0.2) is 5.78 Å². The number of Topliss-reactive ketones (excluding diaryl/α,β-unsaturated/α-hetero) is 1. The molecule has 1 aromatic carbocycles. The van der Waals surface area contributed by atoms with Gasteiger partial charge in [0, 0.05) is 36.5 Å². The first-order chi connectivity index (χ1) is 13.5. The maximum Gasteiger partial charge on any atom is 0.307 e. The molecule has 6 nitrogen and oxygen atoms in total. The Morgan fingerprint density at radius 2 is 1.93 bits per heavy atom. The first-order valence-electron chi connectivity index (χ1n) is 9.62. The Morgan fingerprint density at radius 1 is 1.18 bits per heavy atom. The van der Waals surface area contributed by atoms with Gasteiger partial charge in [0.2, 0.25) is 5.91 Å². The van der Waals surface area contributed by atoms with Crippen molar-refractivity contribution in [2.45, 2.75) is 45.6 Å². The van der Waals surface area contributed by atoms with Crippen LogP contribution in [-0.2, 0) is 33.7 Å². The van der Waals surface area contributed by atoms with E-state index in [0.29, 0.717) is 13.0 Å². The van der Waals surface area contributed by atoms with Crippen molar-refractivity contribution < 1.29 is 19.1 Å². The van der Waals surface area contributed by atoms with Crippen LogP contribution in [0.25, 0.3) is 0 Å². The van der Waals surface area contributed by atoms with Crippen LogP contribution in [0.4, 0.5) is 0 Å². The van der Waals surface area contributed by atoms with Gasteiger partial charge < -0.3 is 14.6 Å². The number of ether oxygens (including phenoxy) is 1. The summed E-state index contributed by atoms with van der Waals surface area (Å²) in [6.45, 7) is 2.89. The Labute approximate surface area is 164 Å². The number of hydrogen-bond acceptors (Lipinski definition) is 4. The minimum atomic E-state index is -0.363. The zero-order valence-electron chi connectivity index (χ0n) is 16.4. The average Bonchev–Trinajstić information content (AvgIpc) is 2.95. The number of methoxy groups -OCH3 is 1. The van der Waals surface area contributed by atoms with Gasteiger partial charge >= 0.3 is 5.97 Å². The van der Waals surface area contributed by atoms with Gasteiger partial charge in [-0.25, -0.2) is 0 Å². The Hall–Kier alpha value is -2.89. The van der Waals surface area contributed by atoms with Gasteiger partial charge in [-0.15, -0.1) is 0 Å². The molecule has 1 aliphatic rings. The predicted octanol–water partition coefficient (Wildman–Crippen LogP) is 2.59. The molecule has 1 heterocycles. The highest BCUT2D eigenvalue weighted by Crippen LogP contribution is 2.31. The molecule has 28 heavy (non-hydrogen) atoms. The quantitative estimate of drug-likeness (QED) is 0.747. The lowest BCUT2D eigenvalue weighted by molar-refractivity contribution is -0.140. The number of benzene rings is 1. The van der Waals surface area contributed by atoms with E-state index in [1.165, 1.54) is 7.11 Å². The number of rotatable bonds is 7. The maximum atomic E-state index is 12.6. The van der Waals surface area contributed by atoms with Crippen molar-refractivity contribution in [3.05, 3.63) is 58.4 Å². The molecule has 0 unspecified atom stereocenters. The molecule has 0 fully saturated rings. The van der Waals surface area contributed by atoms with Gasteiger partial charge in [0.25, 0.3) is 0 Å². The zero-order valence-corrected chi connectivity index (χ0v) is 16.4. The molecule has 3 rings (SSSR count). The third kappa shape index (κ3) is 4.32. The smallest absolute Gasteiger partial charge is 0.307 e. The lowest BCUT2D eigenvalue weighted by Gasteiger charge is -2.16. The van der Waals surface area contributed by atoms with Crippen LogP contribution in [0.3, 0.4) is 0 Å². The van der Waals surface area contributed by atoms with Crippen LogP contribution in [0.2, 0.25) is 0 Å². The lowest BCUT2D eigenvalue weighted by Crippen LogP contribution is -2.28. The number of fused-ring (bicyclic) bond motifs is 1. The molecular weight excluding hydrogens is 356 g/mol. The summed E-state index contributed by atoms with van der Waals surface area (Å²) < 4.78 is 6.76. The SMILES string of the molecule is COC(=O)CCNC(=O)Cc1c2c(n(Cc3ccccc3)c1C)CCCC2=O. The first-order valence-corrected chi connectivity index (χ1v) is 9.62. The minimum absolute atomic E-state index is 0.119. The Bertz CT molecular complexity index is 884. The number of aromatic nitrogens is 1. The standard InChI is InChI=1S/C22H26N2O4/c1-15-17(13-20(26)23-12-11-21(27)28-2)22-18(9-6-10-19(22)25)24(15)14-16-7-4-3-5-8-16/h3-5,7-8H,6,9-14H2,1-2H3,(H,23,26). The number of nitrogens with zero attached hydrogens (tertiary/aromatic N) is 1. The second-order valence-corrected chi connectivity index (χ2v) is 7.09. The van der Waals surface area contributed by atoms with Crippen molar-refractivity contribution in [1.82, 2.24) is 9.88 Å². The summed E-state index contributed by atoms with van der Waals surface area (Å²) in [5.41, 5.74) is 4.70. The topological polar surface area (TPSA) is 77.4 Å². The second-order valence-electron chi connectivity index (χ2n) is 7.09. The van der Waals surface area contributed by atoms with Crippen molar-refractivity contribution in [3.8, 4) is 0 Å². The third-order valence-electron chi connectivity index (χ3n) is 5.25. The number of ketones is 1. The van der Waals surface area contributed by atoms with Crippen LogP contribution >= 0.6 is 0 Å². The summed E-state index contributed by atoms with van der Waals surface area (Å²) in [4.78, 5) is 36.2. The highest BCUT2D eigenvalue weighted by molar-refractivity contribution is 6.01. The summed E-state index contributed by atoms with van der Waals surface area (Å²) in [5.74, 6) is -0.434. The van der Waals surface area contributed by atoms with Crippen LogP contribution in [-0.4, -0.2) is 35.9 Å². The molecule has 0 radical (unpaired) electrons. The van der Waals surface area contributed by atoms with Gasteiger partial charge in [0.1, 0.15) is 0 Å². The number of hydrogen-bond donors (Lipinski definition) is 1. The molecule has 1 aromatic heterocycles. The molecule has 0 aliphatic heterocycles. The summed E-state index contributed by atoms with van der Waals surface area (Å²) in [5, 5.41) is 2.74. The predicted molar refractivity (Wildman–Crippen MR) is 105 cm³/mol. The van der Waals surface area contributed by atoms with Crippen LogP contribution in [0.5, 0.6) is 0 Å². The number of carbonyl (C=O) groups excluding carboxylic acids is 3. The fraction of sp³-hybridized carbons (Fsp3) is 0.409. The minimum Gasteiger partial charge on any atom is -0.469 e. The number of nitrogens with one attached hydrogen (secondary N) is 1. The van der Waals surface area contributed by atoms with E-state index in [0.717, 1.165) is 40.9 Å². The van der Waals surface area contributed by atoms with E-state index in [-0.39, 0.29) is 37.0 Å². The molecule has 0 spiro atoms. The van der Waals surface area contributed by atoms with Crippen molar-refractivity contribution in [1.29, 1.82) is 0 Å². The van der Waals surface area contributed by atoms with E-state index in [1.807, 2.05) is 25.1 Å². The number of carbonyl (C=O) groups is 3. The molecular formula is C22H26N2O4. The van der Waals surface area contributed by atoms with Crippen LogP contribution in [0.1, 0.15) is 52.1 Å². The van der Waals surface area contributed by atoms with Gasteiger partial charge in [-0.3, -0.25) is 14.4 Å². The van der Waals surface area contributed by atoms with E-state index in [2.05, 4.69) is 26.8 Å². The third-order valence-corrected chi connectivity index (χ3v) is 5.25. The molecule has 1 aliphatic carbocycles. The molecule has 2 aromatic rings. The van der Waals surface area contributed by atoms with Crippen molar-refractivity contribution in [2.24, 2.45) is 0 Å². The van der Waals surface area contributed by atoms with E-state index in [1.54, 1.807) is 0 Å². The fourth-order valence-corrected chi connectivity index (χ4v) is 3.81. The summed E-state index contributed by atoms with van der Waals surface area (Å²) >= 11 is 0. The Balaban J connectivity index is 1.83. The molecule has 0 saturated heterocycles. The lowest BCUT2D eigenvalue weighted by atomic mass is 9.92. The molecule has 1 amide bonds. The van der Waals surface area contributed by atoms with E-state index >= 15 is 0 Å². The molecule has 0 atom stereocenters. The van der Waals surface area contributed by atoms with E-state index in [4.69, 9.17) is 0 Å². The molecule has 148 valence electrons. The number of esters is 1. The van der Waals surface area contributed by atoms with E-state index < -0.39 is 0 Å². The maximum absolute atomic E-state index is 12.6. The largest absolute Gasteiger partial charge is 0.469 e. The van der Waals surface area contributed by atoms with Crippen molar-refractivity contribution in [2.75, 3.05) is 13.7 Å². The Morgan fingerprint density at radius 3 is 2.64 bits per heavy atom. The summed E-state index contributed by atoms with van der Waals surface area (Å²) in [6, 6.07) is 10.1. The van der Waals surface area contributed by atoms with Gasteiger partial charge in [0.05, 0.1) is 20.0 Å². The zero-order chi connectivity index (χ0) is 20.1. The van der Waals surface area contributed by atoms with Crippen molar-refractivity contribution >= 4 is 17.7 Å². The van der Waals surface area contributed by atoms with Crippen LogP contribution in [0, 0.1) is 6.92 Å². The molecule has 0 saturated carbocycles. The van der Waals surface area contributed by atoms with Crippen LogP contribution < -0.4 is 5.32 Å². The summed E-state index contributed by atoms with van der Waals surface area (Å²) in [7, 11) is 1.32. The number of amides is 1. The Kier molecular flexibility index (Phi) is 6.29. The molecule has 0 bridgehead atoms. The van der Waals surface area contributed by atoms with Gasteiger partial charge in [-0.05, 0) is 30.9 Å². The van der Waals surface area contributed by atoms with Gasteiger partial charge in [-0.1, -0.05) is 30.3 Å². The van der Waals surface area contributed by atoms with E-state index in [9.17, 15) is 14.4 Å². The second kappa shape index (κ2) is 8.87. The fourth-order valence-electron chi connectivity index (χ4n) is 3.81. The monoisotopic (exact) mass is 382 g/mol. The first kappa shape index (κ1) is 19.9. The highest BCUT2D eigenvalue weighted by atomic mass is 16.5. The van der Waals surface area contributed by atoms with Gasteiger partial charge in [-0.2, -0.15) is 0 Å². The highest BCUT2D eigenvalue weighted by Gasteiger charge is 2.29. The average molecular weight is 382 g/mol. The van der Waals surface area contributed by atoms with Crippen LogP contribution in [0.15, 0.2) is 30.3 Å². The molecule has 1 N–H and O–H groups in total.